The highest BCUT2D eigenvalue weighted by molar-refractivity contribution is 6.73. The summed E-state index contributed by atoms with van der Waals surface area (Å²) in [6.07, 6.45) is -9.94. The Kier molecular flexibility index (Phi) is 14.7. The summed E-state index contributed by atoms with van der Waals surface area (Å²) in [5, 5.41) is 14.3. The number of nitrogens with zero attached hydrogens (tertiary/aromatic N) is 1. The maximum atomic E-state index is 16.5. The molecule has 17 heteroatoms. The van der Waals surface area contributed by atoms with Gasteiger partial charge in [-0.25, -0.2) is 9.59 Å². The summed E-state index contributed by atoms with van der Waals surface area (Å²) < 4.78 is 51.5. The number of hydrogen-bond donors (Lipinski definition) is 1. The molecule has 2 saturated carbocycles. The maximum absolute atomic E-state index is 16.5. The number of hydrogen-bond acceptors (Lipinski definition) is 15. The lowest BCUT2D eigenvalue weighted by Crippen LogP contribution is -2.82. The summed E-state index contributed by atoms with van der Waals surface area (Å²) in [5.74, 6) is -5.87. The van der Waals surface area contributed by atoms with Crippen molar-refractivity contribution in [2.45, 2.75) is 154 Å². The van der Waals surface area contributed by atoms with Crippen molar-refractivity contribution in [3.05, 3.63) is 119 Å². The van der Waals surface area contributed by atoms with Gasteiger partial charge in [0, 0.05) is 44.8 Å². The molecule has 2 aliphatic heterocycles. The molecule has 0 radical (unpaired) electrons. The summed E-state index contributed by atoms with van der Waals surface area (Å²) in [7, 11) is -1.29. The van der Waals surface area contributed by atoms with Crippen molar-refractivity contribution < 1.29 is 71.5 Å². The number of methoxy groups -OCH3 is 1. The Bertz CT molecular complexity index is 2580. The fourth-order valence-electron chi connectivity index (χ4n) is 12.5. The fraction of sp³-hybridized carbons (Fsp3) is 0.527. The first-order chi connectivity index (χ1) is 34.2. The van der Waals surface area contributed by atoms with E-state index in [-0.39, 0.29) is 29.7 Å². The van der Waals surface area contributed by atoms with E-state index in [1.54, 1.807) is 119 Å². The molecule has 4 fully saturated rings. The number of ketones is 1. The highest BCUT2D eigenvalue weighted by atomic mass is 28.4. The van der Waals surface area contributed by atoms with Crippen LogP contribution in [0.4, 0.5) is 0 Å². The number of carbonyl (C=O) groups is 6. The van der Waals surface area contributed by atoms with Crippen molar-refractivity contribution in [2.75, 3.05) is 13.7 Å². The number of aliphatic hydroxyl groups is 1. The number of esters is 4. The lowest BCUT2D eigenvalue weighted by atomic mass is 9.44. The van der Waals surface area contributed by atoms with Crippen LogP contribution in [0, 0.1) is 16.7 Å². The van der Waals surface area contributed by atoms with Gasteiger partial charge in [-0.05, 0) is 73.0 Å². The van der Waals surface area contributed by atoms with Crippen molar-refractivity contribution in [2.24, 2.45) is 16.7 Å². The molecule has 3 aromatic carbocycles. The molecule has 16 nitrogen and oxygen atoms in total. The second-order valence-corrected chi connectivity index (χ2v) is 25.3. The third kappa shape index (κ3) is 8.62. The molecule has 0 spiro atoms. The molecule has 2 saturated heterocycles. The molecule has 1 unspecified atom stereocenters. The maximum Gasteiger partial charge on any atom is 0.338 e. The normalized spacial score (nSPS) is 32.7. The van der Waals surface area contributed by atoms with Crippen molar-refractivity contribution >= 4 is 43.9 Å². The fourth-order valence-corrected chi connectivity index (χ4v) is 15.5. The van der Waals surface area contributed by atoms with Crippen LogP contribution in [0.5, 0.6) is 0 Å². The van der Waals surface area contributed by atoms with E-state index in [1.807, 2.05) is 0 Å². The first-order valence-corrected chi connectivity index (χ1v) is 27.4. The molecule has 5 aliphatic rings. The Hall–Kier alpha value is -5.56. The minimum atomic E-state index is -2.64. The smallest absolute Gasteiger partial charge is 0.338 e. The number of amides is 1. The summed E-state index contributed by atoms with van der Waals surface area (Å²) in [5.41, 5.74) is -6.09. The zero-order chi connectivity index (χ0) is 52.1. The second kappa shape index (κ2) is 20.0. The summed E-state index contributed by atoms with van der Waals surface area (Å²) >= 11 is 0. The second-order valence-electron chi connectivity index (χ2n) is 20.5. The molecule has 2 bridgehead atoms. The minimum Gasteiger partial charge on any atom is -0.456 e. The van der Waals surface area contributed by atoms with Crippen LogP contribution in [0.1, 0.15) is 107 Å². The molecule has 1 amide bonds. The van der Waals surface area contributed by atoms with E-state index in [1.165, 1.54) is 25.9 Å². The molecular weight excluding hydrogens is 943 g/mol. The standard InChI is InChI=1S/C55H67NO15Si/c1-11-72(12-2,13-3)71-39-29-40-54(31-65-40,70-34(6)58)45-47(69-49(61)37-27-21-16-22-28-37)55(63)30-38(32(4)41(52(55,7)8)43(66-33(5)57)46(59)53(39,45)9)67-50(62)44-42(35-23-17-14-18-24-35)56(51(64-10)68-44)48(60)36-25-19-15-20-26-36/h14-28,38-40,42-45,47,51,63H,11-13,29-31H2,1-10H3/t38-,39-,40+,42-,43+,44+,45-,47-,51?,53+,54-,55+/m0/s1. The van der Waals surface area contributed by atoms with Crippen molar-refractivity contribution in [1.82, 2.24) is 4.90 Å². The van der Waals surface area contributed by atoms with Crippen LogP contribution in [0.2, 0.25) is 18.1 Å². The molecule has 386 valence electrons. The Morgan fingerprint density at radius 2 is 1.39 bits per heavy atom. The molecular formula is C55H67NO15Si. The van der Waals surface area contributed by atoms with Gasteiger partial charge in [0.2, 0.25) is 6.41 Å². The molecule has 2 heterocycles. The van der Waals surface area contributed by atoms with Gasteiger partial charge < -0.3 is 42.7 Å². The summed E-state index contributed by atoms with van der Waals surface area (Å²) in [4.78, 5) is 89.1. The highest BCUT2D eigenvalue weighted by Gasteiger charge is 2.79. The highest BCUT2D eigenvalue weighted by Crippen LogP contribution is 2.65. The van der Waals surface area contributed by atoms with Crippen molar-refractivity contribution in [1.29, 1.82) is 0 Å². The van der Waals surface area contributed by atoms with Gasteiger partial charge in [0.15, 0.2) is 31.9 Å². The van der Waals surface area contributed by atoms with Gasteiger partial charge in [0.05, 0.1) is 35.6 Å². The van der Waals surface area contributed by atoms with E-state index in [2.05, 4.69) is 20.8 Å². The Morgan fingerprint density at radius 3 is 1.92 bits per heavy atom. The number of benzene rings is 3. The Labute approximate surface area is 421 Å². The lowest BCUT2D eigenvalue weighted by molar-refractivity contribution is -0.344. The molecule has 3 aromatic rings. The zero-order valence-corrected chi connectivity index (χ0v) is 43.7. The van der Waals surface area contributed by atoms with Gasteiger partial charge in [-0.2, -0.15) is 0 Å². The minimum absolute atomic E-state index is 0.0865. The number of carbonyl (C=O) groups excluding carboxylic acids is 6. The SMILES string of the molecule is CC[Si](CC)(CC)O[C@H]1C[C@H]2OC[C@@]2(OC(C)=O)[C@H]2[C@H](OC(=O)c3ccccc3)[C@]3(O)C[C@H](OC(=O)[C@@H]4OC(OC)N(C(=O)c5ccccc5)[C@H]4c4ccccc4)C(C)=C([C@@H](OC(C)=O)C(=O)[C@]12C)C3(C)C. The van der Waals surface area contributed by atoms with Crippen LogP contribution in [-0.2, 0) is 56.8 Å². The van der Waals surface area contributed by atoms with E-state index >= 15 is 9.59 Å². The van der Waals surface area contributed by atoms with Crippen LogP contribution in [0.25, 0.3) is 0 Å². The van der Waals surface area contributed by atoms with Crippen LogP contribution >= 0.6 is 0 Å². The van der Waals surface area contributed by atoms with E-state index in [0.29, 0.717) is 29.3 Å². The first kappa shape index (κ1) is 52.8. The van der Waals surface area contributed by atoms with Gasteiger partial charge >= 0.3 is 23.9 Å². The van der Waals surface area contributed by atoms with Crippen molar-refractivity contribution in [3.63, 3.8) is 0 Å². The van der Waals surface area contributed by atoms with E-state index < -0.39 is 127 Å². The monoisotopic (exact) mass is 1010 g/mol. The van der Waals surface area contributed by atoms with E-state index in [0.717, 1.165) is 0 Å². The third-order valence-electron chi connectivity index (χ3n) is 16.6. The van der Waals surface area contributed by atoms with Crippen LogP contribution in [0.15, 0.2) is 102 Å². The molecule has 72 heavy (non-hydrogen) atoms. The van der Waals surface area contributed by atoms with Gasteiger partial charge in [0.1, 0.15) is 23.9 Å². The molecule has 12 atom stereocenters. The van der Waals surface area contributed by atoms with Crippen LogP contribution in [0.3, 0.4) is 0 Å². The van der Waals surface area contributed by atoms with E-state index in [4.69, 9.17) is 37.6 Å². The Balaban J connectivity index is 1.34. The van der Waals surface area contributed by atoms with Gasteiger partial charge in [-0.1, -0.05) is 101 Å². The average Bonchev–Trinajstić information content (AvgIpc) is 3.76. The molecule has 1 N–H and O–H groups in total. The quantitative estimate of drug-likeness (QED) is 0.0722. The van der Waals surface area contributed by atoms with Crippen LogP contribution < -0.4 is 0 Å². The number of rotatable bonds is 14. The molecule has 0 aromatic heterocycles. The van der Waals surface area contributed by atoms with Crippen molar-refractivity contribution in [3.8, 4) is 0 Å². The molecule has 3 aliphatic carbocycles. The Morgan fingerprint density at radius 1 is 0.806 bits per heavy atom. The average molecular weight is 1010 g/mol. The summed E-state index contributed by atoms with van der Waals surface area (Å²) in [6.45, 7) is 15.0. The first-order valence-electron chi connectivity index (χ1n) is 24.9. The van der Waals surface area contributed by atoms with Gasteiger partial charge in [0.25, 0.3) is 5.91 Å². The predicted octanol–water partition coefficient (Wildman–Crippen LogP) is 7.45. The lowest BCUT2D eigenvalue weighted by Gasteiger charge is -2.68. The number of fused-ring (bicyclic) bond motifs is 5. The zero-order valence-electron chi connectivity index (χ0n) is 42.7. The van der Waals surface area contributed by atoms with Crippen LogP contribution in [-0.4, -0.2) is 122 Å². The number of Topliss-reactive ketones (excluding diaryl/α,β-unsaturated/α-hetero) is 1. The predicted molar refractivity (Wildman–Crippen MR) is 262 cm³/mol. The van der Waals surface area contributed by atoms with Gasteiger partial charge in [-0.3, -0.25) is 24.1 Å². The largest absolute Gasteiger partial charge is 0.456 e. The summed E-state index contributed by atoms with van der Waals surface area (Å²) in [6, 6.07) is 26.4. The number of ether oxygens (including phenoxy) is 7. The van der Waals surface area contributed by atoms with E-state index in [9.17, 15) is 24.3 Å². The third-order valence-corrected chi connectivity index (χ3v) is 21.3. The van der Waals surface area contributed by atoms with Gasteiger partial charge in [-0.15, -0.1) is 0 Å². The molecule has 8 rings (SSSR count). The topological polar surface area (TPSA) is 200 Å².